The number of hydrogen-bond donors (Lipinski definition) is 1. The van der Waals surface area contributed by atoms with E-state index in [1.807, 2.05) is 55.5 Å². The van der Waals surface area contributed by atoms with Gasteiger partial charge in [0.15, 0.2) is 0 Å². The van der Waals surface area contributed by atoms with Gasteiger partial charge in [-0.1, -0.05) is 60.1 Å². The summed E-state index contributed by atoms with van der Waals surface area (Å²) < 4.78 is 26.1. The average molecular weight is 435 g/mol. The molecule has 3 rings (SSSR count). The highest BCUT2D eigenvalue weighted by Crippen LogP contribution is 2.37. The van der Waals surface area contributed by atoms with Crippen LogP contribution in [0.2, 0.25) is 5.02 Å². The fourth-order valence-electron chi connectivity index (χ4n) is 3.97. The molecule has 0 spiro atoms. The smallest absolute Gasteiger partial charge is 0.231 e. The average Bonchev–Trinajstić information content (AvgIpc) is 2.74. The molecule has 0 radical (unpaired) electrons. The minimum Gasteiger partial charge on any atom is -0.349 e. The highest BCUT2D eigenvalue weighted by atomic mass is 35.5. The van der Waals surface area contributed by atoms with E-state index in [2.05, 4.69) is 5.32 Å². The second kappa shape index (κ2) is 8.86. The molecule has 7 heteroatoms. The van der Waals surface area contributed by atoms with E-state index in [1.165, 1.54) is 4.31 Å². The fourth-order valence-corrected chi connectivity index (χ4v) is 5.37. The van der Waals surface area contributed by atoms with Crippen LogP contribution < -0.4 is 5.32 Å². The molecule has 0 saturated carbocycles. The maximum atomic E-state index is 13.5. The fraction of sp³-hybridized carbons (Fsp3) is 0.409. The van der Waals surface area contributed by atoms with E-state index in [0.29, 0.717) is 31.0 Å². The molecular weight excluding hydrogens is 408 g/mol. The highest BCUT2D eigenvalue weighted by Gasteiger charge is 2.45. The summed E-state index contributed by atoms with van der Waals surface area (Å²) in [4.78, 5) is 13.5. The quantitative estimate of drug-likeness (QED) is 0.749. The van der Waals surface area contributed by atoms with Gasteiger partial charge in [-0.05, 0) is 43.9 Å². The third-order valence-electron chi connectivity index (χ3n) is 5.81. The lowest BCUT2D eigenvalue weighted by Gasteiger charge is -2.41. The van der Waals surface area contributed by atoms with Crippen LogP contribution in [0.4, 0.5) is 0 Å². The molecule has 1 unspecified atom stereocenters. The van der Waals surface area contributed by atoms with Gasteiger partial charge in [0.05, 0.1) is 17.2 Å². The van der Waals surface area contributed by atoms with Crippen LogP contribution in [0.15, 0.2) is 54.6 Å². The highest BCUT2D eigenvalue weighted by molar-refractivity contribution is 7.89. The Kier molecular flexibility index (Phi) is 6.66. The maximum Gasteiger partial charge on any atom is 0.231 e. The van der Waals surface area contributed by atoms with Gasteiger partial charge in [0.25, 0.3) is 0 Å². The Hall–Kier alpha value is -1.89. The van der Waals surface area contributed by atoms with E-state index >= 15 is 0 Å². The van der Waals surface area contributed by atoms with E-state index in [9.17, 15) is 13.2 Å². The molecule has 2 aromatic rings. The number of carbonyl (C=O) groups is 1. The van der Waals surface area contributed by atoms with Crippen molar-refractivity contribution in [3.8, 4) is 0 Å². The number of hydrogen-bond acceptors (Lipinski definition) is 3. The monoisotopic (exact) mass is 434 g/mol. The molecule has 1 aliphatic rings. The molecule has 0 aliphatic carbocycles. The molecule has 0 bridgehead atoms. The number of piperidine rings is 1. The van der Waals surface area contributed by atoms with Crippen molar-refractivity contribution < 1.29 is 13.2 Å². The Morgan fingerprint density at radius 3 is 2.28 bits per heavy atom. The normalized spacial score (nSPS) is 18.2. The first-order chi connectivity index (χ1) is 13.8. The Morgan fingerprint density at radius 1 is 1.10 bits per heavy atom. The van der Waals surface area contributed by atoms with Gasteiger partial charge in [0.2, 0.25) is 15.9 Å². The lowest BCUT2D eigenvalue weighted by Crippen LogP contribution is -2.53. The SMILES string of the molecule is CCS(=O)(=O)N1CCC(C(=O)NC(C)c2ccccc2Cl)(c2ccccc2)CC1. The van der Waals surface area contributed by atoms with Gasteiger partial charge in [-0.2, -0.15) is 0 Å². The Morgan fingerprint density at radius 2 is 1.69 bits per heavy atom. The maximum absolute atomic E-state index is 13.5. The molecule has 1 heterocycles. The summed E-state index contributed by atoms with van der Waals surface area (Å²) in [7, 11) is -3.27. The van der Waals surface area contributed by atoms with Crippen molar-refractivity contribution in [3.63, 3.8) is 0 Å². The molecule has 1 amide bonds. The topological polar surface area (TPSA) is 66.5 Å². The van der Waals surface area contributed by atoms with Gasteiger partial charge in [-0.3, -0.25) is 4.79 Å². The lowest BCUT2D eigenvalue weighted by molar-refractivity contribution is -0.129. The van der Waals surface area contributed by atoms with Crippen LogP contribution in [0, 0.1) is 0 Å². The van der Waals surface area contributed by atoms with Gasteiger partial charge >= 0.3 is 0 Å². The minimum absolute atomic E-state index is 0.0705. The first-order valence-corrected chi connectivity index (χ1v) is 11.9. The predicted molar refractivity (Wildman–Crippen MR) is 116 cm³/mol. The lowest BCUT2D eigenvalue weighted by atomic mass is 9.72. The third-order valence-corrected chi connectivity index (χ3v) is 8.04. The summed E-state index contributed by atoms with van der Waals surface area (Å²) in [5, 5.41) is 3.73. The van der Waals surface area contributed by atoms with Gasteiger partial charge in [0.1, 0.15) is 0 Å². The molecule has 2 aromatic carbocycles. The molecule has 29 heavy (non-hydrogen) atoms. The Balaban J connectivity index is 1.87. The van der Waals surface area contributed by atoms with Gasteiger partial charge in [0, 0.05) is 18.1 Å². The van der Waals surface area contributed by atoms with Crippen molar-refractivity contribution in [2.24, 2.45) is 0 Å². The van der Waals surface area contributed by atoms with Crippen molar-refractivity contribution >= 4 is 27.5 Å². The Bertz CT molecular complexity index is 955. The van der Waals surface area contributed by atoms with Gasteiger partial charge < -0.3 is 5.32 Å². The molecule has 1 fully saturated rings. The summed E-state index contributed by atoms with van der Waals surface area (Å²) in [5.74, 6) is -0.0224. The van der Waals surface area contributed by atoms with E-state index < -0.39 is 15.4 Å². The van der Waals surface area contributed by atoms with Crippen molar-refractivity contribution in [2.45, 2.75) is 38.1 Å². The number of nitrogens with one attached hydrogen (secondary N) is 1. The zero-order chi connectivity index (χ0) is 21.1. The largest absolute Gasteiger partial charge is 0.349 e. The van der Waals surface area contributed by atoms with Crippen LogP contribution in [0.3, 0.4) is 0 Å². The zero-order valence-electron chi connectivity index (χ0n) is 16.8. The van der Waals surface area contributed by atoms with Crippen LogP contribution >= 0.6 is 11.6 Å². The Labute approximate surface area is 178 Å². The predicted octanol–water partition coefficient (Wildman–Crippen LogP) is 3.90. The second-order valence-electron chi connectivity index (χ2n) is 7.46. The van der Waals surface area contributed by atoms with Crippen molar-refractivity contribution in [1.29, 1.82) is 0 Å². The second-order valence-corrected chi connectivity index (χ2v) is 10.1. The summed E-state index contributed by atoms with van der Waals surface area (Å²) in [6, 6.07) is 16.8. The van der Waals surface area contributed by atoms with Crippen LogP contribution in [0.5, 0.6) is 0 Å². The first-order valence-electron chi connectivity index (χ1n) is 9.89. The molecule has 1 N–H and O–H groups in total. The van der Waals surface area contributed by atoms with E-state index in [0.717, 1.165) is 11.1 Å². The standard InChI is InChI=1S/C22H27ClN2O3S/c1-3-29(27,28)25-15-13-22(14-16-25,18-9-5-4-6-10-18)21(26)24-17(2)19-11-7-8-12-20(19)23/h4-12,17H,3,13-16H2,1-2H3,(H,24,26). The first kappa shape index (κ1) is 21.8. The molecule has 5 nitrogen and oxygen atoms in total. The van der Waals surface area contributed by atoms with E-state index in [4.69, 9.17) is 11.6 Å². The summed E-state index contributed by atoms with van der Waals surface area (Å²) in [5.41, 5.74) is 1.01. The van der Waals surface area contributed by atoms with Crippen molar-refractivity contribution in [2.75, 3.05) is 18.8 Å². The summed E-state index contributed by atoms with van der Waals surface area (Å²) in [6.45, 7) is 4.22. The number of halogens is 1. The number of sulfonamides is 1. The number of carbonyl (C=O) groups excluding carboxylic acids is 1. The third kappa shape index (κ3) is 4.49. The zero-order valence-corrected chi connectivity index (χ0v) is 18.3. The van der Waals surface area contributed by atoms with E-state index in [1.54, 1.807) is 13.0 Å². The number of amides is 1. The molecule has 156 valence electrons. The van der Waals surface area contributed by atoms with Crippen LogP contribution in [-0.2, 0) is 20.2 Å². The van der Waals surface area contributed by atoms with Crippen LogP contribution in [-0.4, -0.2) is 37.5 Å². The van der Waals surface area contributed by atoms with Gasteiger partial charge in [-0.15, -0.1) is 0 Å². The van der Waals surface area contributed by atoms with Gasteiger partial charge in [-0.25, -0.2) is 12.7 Å². The minimum atomic E-state index is -3.27. The number of benzene rings is 2. The van der Waals surface area contributed by atoms with Crippen molar-refractivity contribution in [1.82, 2.24) is 9.62 Å². The van der Waals surface area contributed by atoms with E-state index in [-0.39, 0.29) is 17.7 Å². The number of nitrogens with zero attached hydrogens (tertiary/aromatic N) is 1. The molecule has 1 saturated heterocycles. The summed E-state index contributed by atoms with van der Waals surface area (Å²) in [6.07, 6.45) is 0.884. The molecule has 1 atom stereocenters. The summed E-state index contributed by atoms with van der Waals surface area (Å²) >= 11 is 6.30. The molecule has 1 aliphatic heterocycles. The van der Waals surface area contributed by atoms with Crippen LogP contribution in [0.1, 0.15) is 43.9 Å². The van der Waals surface area contributed by atoms with Crippen molar-refractivity contribution in [3.05, 3.63) is 70.7 Å². The number of rotatable bonds is 6. The molecule has 0 aromatic heterocycles. The van der Waals surface area contributed by atoms with Crippen LogP contribution in [0.25, 0.3) is 0 Å². The molecular formula is C22H27ClN2O3S.